The van der Waals surface area contributed by atoms with Crippen molar-refractivity contribution in [3.05, 3.63) is 59.5 Å². The molecule has 28 heavy (non-hydrogen) atoms. The summed E-state index contributed by atoms with van der Waals surface area (Å²) in [5.41, 5.74) is 1.43. The monoisotopic (exact) mass is 375 g/mol. The van der Waals surface area contributed by atoms with Gasteiger partial charge in [-0.3, -0.25) is 9.78 Å². The number of fused-ring (bicyclic) bond motifs is 1. The quantitative estimate of drug-likeness (QED) is 0.713. The number of carbonyl (C=O) groups excluding carboxylic acids is 1. The molecule has 2 N–H and O–H groups in total. The average Bonchev–Trinajstić information content (AvgIpc) is 2.97. The van der Waals surface area contributed by atoms with Gasteiger partial charge < -0.3 is 10.4 Å². The van der Waals surface area contributed by atoms with Crippen molar-refractivity contribution in [1.82, 2.24) is 14.6 Å². The molecule has 0 aliphatic heterocycles. The maximum atomic E-state index is 12.7. The minimum absolute atomic E-state index is 0.133. The molecule has 0 unspecified atom stereocenters. The summed E-state index contributed by atoms with van der Waals surface area (Å²) < 4.78 is 1.70. The van der Waals surface area contributed by atoms with E-state index in [1.165, 1.54) is 0 Å². The summed E-state index contributed by atoms with van der Waals surface area (Å²) in [4.78, 5) is 16.8. The number of nitrogens with one attached hydrogen (secondary N) is 1. The number of rotatable bonds is 5. The molecule has 0 aromatic carbocycles. The zero-order valence-corrected chi connectivity index (χ0v) is 15.6. The van der Waals surface area contributed by atoms with Crippen LogP contribution in [0.25, 0.3) is 5.52 Å². The molecule has 1 amide bonds. The van der Waals surface area contributed by atoms with Gasteiger partial charge in [0, 0.05) is 18.0 Å². The predicted molar refractivity (Wildman–Crippen MR) is 104 cm³/mol. The Morgan fingerprint density at radius 3 is 2.89 bits per heavy atom. The zero-order chi connectivity index (χ0) is 19.7. The lowest BCUT2D eigenvalue weighted by atomic mass is 9.80. The summed E-state index contributed by atoms with van der Waals surface area (Å²) in [6, 6.07) is 10.9. The molecule has 1 fully saturated rings. The Morgan fingerprint density at radius 2 is 2.25 bits per heavy atom. The predicted octanol–water partition coefficient (Wildman–Crippen LogP) is 3.10. The van der Waals surface area contributed by atoms with Crippen LogP contribution >= 0.6 is 0 Å². The second-order valence-electron chi connectivity index (χ2n) is 7.46. The molecule has 0 spiro atoms. The van der Waals surface area contributed by atoms with Gasteiger partial charge >= 0.3 is 0 Å². The molecule has 1 atom stereocenters. The highest BCUT2D eigenvalue weighted by molar-refractivity contribution is 5.92. The van der Waals surface area contributed by atoms with Gasteiger partial charge in [0.25, 0.3) is 0 Å². The molecule has 0 radical (unpaired) electrons. The van der Waals surface area contributed by atoms with Crippen LogP contribution in [0.1, 0.15) is 55.3 Å². The van der Waals surface area contributed by atoms with Gasteiger partial charge in [-0.2, -0.15) is 5.26 Å². The van der Waals surface area contributed by atoms with E-state index in [-0.39, 0.29) is 12.3 Å². The average molecular weight is 375 g/mol. The van der Waals surface area contributed by atoms with Crippen LogP contribution in [-0.2, 0) is 10.4 Å². The second kappa shape index (κ2) is 7.06. The van der Waals surface area contributed by atoms with Gasteiger partial charge in [0.2, 0.25) is 5.91 Å². The minimum Gasteiger partial charge on any atom is -0.383 e. The first-order valence-corrected chi connectivity index (χ1v) is 9.34. The summed E-state index contributed by atoms with van der Waals surface area (Å²) >= 11 is 0. The van der Waals surface area contributed by atoms with Gasteiger partial charge in [-0.1, -0.05) is 12.5 Å². The van der Waals surface area contributed by atoms with Crippen molar-refractivity contribution >= 4 is 17.2 Å². The second-order valence-corrected chi connectivity index (χ2v) is 7.46. The number of amides is 1. The molecular formula is C21H21N5O2. The fourth-order valence-electron chi connectivity index (χ4n) is 3.59. The van der Waals surface area contributed by atoms with E-state index in [4.69, 9.17) is 0 Å². The van der Waals surface area contributed by atoms with Crippen molar-refractivity contribution in [2.45, 2.75) is 44.1 Å². The summed E-state index contributed by atoms with van der Waals surface area (Å²) in [7, 11) is 0. The Balaban J connectivity index is 1.62. The lowest BCUT2D eigenvalue weighted by molar-refractivity contribution is -0.120. The Morgan fingerprint density at radius 1 is 1.43 bits per heavy atom. The van der Waals surface area contributed by atoms with Crippen LogP contribution in [0, 0.1) is 11.3 Å². The van der Waals surface area contributed by atoms with Crippen LogP contribution in [0.2, 0.25) is 0 Å². The summed E-state index contributed by atoms with van der Waals surface area (Å²) in [5, 5.41) is 27.3. The van der Waals surface area contributed by atoms with Gasteiger partial charge in [-0.25, -0.2) is 4.52 Å². The number of hydrogen-bond donors (Lipinski definition) is 2. The topological polar surface area (TPSA) is 103 Å². The molecule has 1 aliphatic rings. The van der Waals surface area contributed by atoms with E-state index in [1.54, 1.807) is 54.2 Å². The van der Waals surface area contributed by atoms with Gasteiger partial charge in [0.05, 0.1) is 29.3 Å². The Bertz CT molecular complexity index is 1060. The summed E-state index contributed by atoms with van der Waals surface area (Å²) in [6.07, 6.45) is 6.40. The molecule has 4 rings (SSSR count). The third-order valence-corrected chi connectivity index (χ3v) is 5.29. The van der Waals surface area contributed by atoms with Crippen molar-refractivity contribution in [3.8, 4) is 6.07 Å². The van der Waals surface area contributed by atoms with E-state index in [9.17, 15) is 15.2 Å². The minimum atomic E-state index is -1.38. The highest BCUT2D eigenvalue weighted by Crippen LogP contribution is 2.42. The fraction of sp³-hybridized carbons (Fsp3) is 0.333. The van der Waals surface area contributed by atoms with E-state index in [0.717, 1.165) is 30.3 Å². The SMILES string of the molecule is C[C@@](O)(CC(=O)Nc1nn2ccc(C#N)cc2c1C1CCC1)c1ccccn1. The number of anilines is 1. The van der Waals surface area contributed by atoms with Crippen molar-refractivity contribution in [3.63, 3.8) is 0 Å². The largest absolute Gasteiger partial charge is 0.383 e. The Kier molecular flexibility index (Phi) is 4.57. The van der Waals surface area contributed by atoms with E-state index in [0.29, 0.717) is 23.0 Å². The Hall–Kier alpha value is -3.24. The number of aromatic nitrogens is 3. The molecule has 3 aromatic heterocycles. The van der Waals surface area contributed by atoms with E-state index >= 15 is 0 Å². The van der Waals surface area contributed by atoms with Gasteiger partial charge in [0.1, 0.15) is 5.60 Å². The van der Waals surface area contributed by atoms with Crippen molar-refractivity contribution < 1.29 is 9.90 Å². The third-order valence-electron chi connectivity index (χ3n) is 5.29. The molecular weight excluding hydrogens is 354 g/mol. The lowest BCUT2D eigenvalue weighted by Crippen LogP contribution is -2.29. The standard InChI is InChI=1S/C21H21N5O2/c1-21(28,17-7-2-3-9-23-17)12-18(27)24-20-19(15-5-4-6-15)16-11-14(13-22)8-10-26(16)25-20/h2-3,7-11,15,28H,4-6,12H2,1H3,(H,24,25,27)/t21-/m1/s1. The molecule has 3 aromatic rings. The number of hydrogen-bond acceptors (Lipinski definition) is 5. The van der Waals surface area contributed by atoms with Crippen molar-refractivity contribution in [2.75, 3.05) is 5.32 Å². The van der Waals surface area contributed by atoms with E-state index in [1.807, 2.05) is 0 Å². The van der Waals surface area contributed by atoms with Gasteiger partial charge in [-0.05, 0) is 49.9 Å². The number of pyridine rings is 2. The molecule has 0 bridgehead atoms. The van der Waals surface area contributed by atoms with Gasteiger partial charge in [-0.15, -0.1) is 5.10 Å². The van der Waals surface area contributed by atoms with E-state index in [2.05, 4.69) is 21.5 Å². The molecule has 1 saturated carbocycles. The smallest absolute Gasteiger partial charge is 0.228 e. The zero-order valence-electron chi connectivity index (χ0n) is 15.6. The van der Waals surface area contributed by atoms with Crippen LogP contribution in [0.3, 0.4) is 0 Å². The maximum absolute atomic E-state index is 12.7. The number of carbonyl (C=O) groups is 1. The van der Waals surface area contributed by atoms with E-state index < -0.39 is 5.60 Å². The first-order chi connectivity index (χ1) is 13.5. The first kappa shape index (κ1) is 18.1. The third kappa shape index (κ3) is 3.35. The van der Waals surface area contributed by atoms with Crippen LogP contribution in [-0.4, -0.2) is 25.6 Å². The normalized spacial score (nSPS) is 16.2. The van der Waals surface area contributed by atoms with Crippen LogP contribution in [0.5, 0.6) is 0 Å². The summed E-state index contributed by atoms with van der Waals surface area (Å²) in [5.74, 6) is 0.486. The van der Waals surface area contributed by atoms with Crippen LogP contribution in [0.15, 0.2) is 42.7 Å². The number of nitrogens with zero attached hydrogens (tertiary/aromatic N) is 4. The molecule has 142 valence electrons. The maximum Gasteiger partial charge on any atom is 0.228 e. The Labute approximate surface area is 162 Å². The molecule has 3 heterocycles. The fourth-order valence-corrected chi connectivity index (χ4v) is 3.59. The lowest BCUT2D eigenvalue weighted by Gasteiger charge is -2.26. The highest BCUT2D eigenvalue weighted by atomic mass is 16.3. The first-order valence-electron chi connectivity index (χ1n) is 9.34. The van der Waals surface area contributed by atoms with Crippen LogP contribution < -0.4 is 5.32 Å². The highest BCUT2D eigenvalue weighted by Gasteiger charge is 2.31. The van der Waals surface area contributed by atoms with Crippen molar-refractivity contribution in [2.24, 2.45) is 0 Å². The van der Waals surface area contributed by atoms with Crippen LogP contribution in [0.4, 0.5) is 5.82 Å². The molecule has 7 nitrogen and oxygen atoms in total. The molecule has 0 saturated heterocycles. The number of nitriles is 1. The number of aliphatic hydroxyl groups is 1. The van der Waals surface area contributed by atoms with Crippen molar-refractivity contribution in [1.29, 1.82) is 5.26 Å². The molecule has 7 heteroatoms. The van der Waals surface area contributed by atoms with Gasteiger partial charge in [0.15, 0.2) is 5.82 Å². The molecule has 1 aliphatic carbocycles. The summed E-state index contributed by atoms with van der Waals surface area (Å²) in [6.45, 7) is 1.57.